The van der Waals surface area contributed by atoms with Gasteiger partial charge in [0.05, 0.1) is 10.9 Å². The van der Waals surface area contributed by atoms with Gasteiger partial charge in [-0.15, -0.1) is 0 Å². The van der Waals surface area contributed by atoms with Crippen LogP contribution in [0.15, 0.2) is 16.9 Å². The van der Waals surface area contributed by atoms with Gasteiger partial charge in [-0.25, -0.2) is 4.98 Å². The summed E-state index contributed by atoms with van der Waals surface area (Å²) in [7, 11) is 3.43. The van der Waals surface area contributed by atoms with Crippen LogP contribution in [-0.2, 0) is 17.4 Å². The van der Waals surface area contributed by atoms with Crippen LogP contribution in [0.4, 0.5) is 0 Å². The summed E-state index contributed by atoms with van der Waals surface area (Å²) in [6, 6.07) is 3.72. The molecule has 1 heterocycles. The standard InChI is InChI=1S/C16H21N3O2/c1-9-7-11(10(2)17)13-12(8-9)14(20)19(3)15(18-13)16(21-4)5-6-16/h7-8,10H,5-6,17H2,1-4H3. The van der Waals surface area contributed by atoms with E-state index in [4.69, 9.17) is 15.5 Å². The third kappa shape index (κ3) is 2.08. The second kappa shape index (κ2) is 4.64. The van der Waals surface area contributed by atoms with Gasteiger partial charge in [0.2, 0.25) is 0 Å². The van der Waals surface area contributed by atoms with E-state index in [1.807, 2.05) is 26.0 Å². The van der Waals surface area contributed by atoms with Crippen molar-refractivity contribution >= 4 is 10.9 Å². The molecule has 0 radical (unpaired) electrons. The average Bonchev–Trinajstić information content (AvgIpc) is 3.23. The Balaban J connectivity index is 2.40. The molecule has 5 nitrogen and oxygen atoms in total. The molecule has 1 unspecified atom stereocenters. The molecule has 1 fully saturated rings. The lowest BCUT2D eigenvalue weighted by Gasteiger charge is -2.19. The molecule has 1 aliphatic rings. The maximum absolute atomic E-state index is 12.7. The highest BCUT2D eigenvalue weighted by Crippen LogP contribution is 2.47. The van der Waals surface area contributed by atoms with Crippen LogP contribution in [0.5, 0.6) is 0 Å². The molecule has 5 heteroatoms. The van der Waals surface area contributed by atoms with Gasteiger partial charge < -0.3 is 10.5 Å². The van der Waals surface area contributed by atoms with Crippen molar-refractivity contribution in [2.24, 2.45) is 12.8 Å². The number of benzene rings is 1. The zero-order chi connectivity index (χ0) is 15.4. The predicted molar refractivity (Wildman–Crippen MR) is 82.2 cm³/mol. The van der Waals surface area contributed by atoms with Crippen LogP contribution in [0.3, 0.4) is 0 Å². The van der Waals surface area contributed by atoms with Crippen molar-refractivity contribution in [3.05, 3.63) is 39.4 Å². The second-order valence-electron chi connectivity index (χ2n) is 6.04. The Labute approximate surface area is 123 Å². The Hall–Kier alpha value is -1.72. The molecule has 112 valence electrons. The smallest absolute Gasteiger partial charge is 0.261 e. The lowest BCUT2D eigenvalue weighted by Crippen LogP contribution is -2.29. The van der Waals surface area contributed by atoms with Crippen LogP contribution in [-0.4, -0.2) is 16.7 Å². The van der Waals surface area contributed by atoms with Gasteiger partial charge in [-0.05, 0) is 43.9 Å². The zero-order valence-corrected chi connectivity index (χ0v) is 12.9. The molecule has 1 aliphatic carbocycles. The van der Waals surface area contributed by atoms with E-state index in [0.717, 1.165) is 24.0 Å². The van der Waals surface area contributed by atoms with Crippen molar-refractivity contribution in [1.82, 2.24) is 9.55 Å². The van der Waals surface area contributed by atoms with E-state index >= 15 is 0 Å². The number of nitrogens with zero attached hydrogens (tertiary/aromatic N) is 2. The van der Waals surface area contributed by atoms with Crippen molar-refractivity contribution in [3.8, 4) is 0 Å². The number of ether oxygens (including phenoxy) is 1. The molecule has 0 spiro atoms. The molecular formula is C16H21N3O2. The molecule has 2 N–H and O–H groups in total. The quantitative estimate of drug-likeness (QED) is 0.936. The molecule has 0 bridgehead atoms. The van der Waals surface area contributed by atoms with Crippen molar-refractivity contribution < 1.29 is 4.74 Å². The minimum Gasteiger partial charge on any atom is -0.370 e. The molecule has 0 aliphatic heterocycles. The summed E-state index contributed by atoms with van der Waals surface area (Å²) in [5, 5.41) is 0.625. The van der Waals surface area contributed by atoms with E-state index in [0.29, 0.717) is 16.7 Å². The molecule has 3 rings (SSSR count). The van der Waals surface area contributed by atoms with Gasteiger partial charge in [-0.1, -0.05) is 6.07 Å². The highest BCUT2D eigenvalue weighted by molar-refractivity contribution is 5.82. The molecule has 0 saturated heterocycles. The van der Waals surface area contributed by atoms with Gasteiger partial charge in [0.15, 0.2) is 0 Å². The Morgan fingerprint density at radius 1 is 1.43 bits per heavy atom. The Bertz CT molecular complexity index is 773. The van der Waals surface area contributed by atoms with Crippen molar-refractivity contribution in [1.29, 1.82) is 0 Å². The minimum absolute atomic E-state index is 0.0380. The van der Waals surface area contributed by atoms with E-state index in [2.05, 4.69) is 0 Å². The summed E-state index contributed by atoms with van der Waals surface area (Å²) in [5.41, 5.74) is 8.27. The van der Waals surface area contributed by atoms with Gasteiger partial charge in [-0.2, -0.15) is 0 Å². The number of nitrogens with two attached hydrogens (primary N) is 1. The second-order valence-corrected chi connectivity index (χ2v) is 6.04. The molecule has 21 heavy (non-hydrogen) atoms. The summed E-state index contributed by atoms with van der Waals surface area (Å²) in [4.78, 5) is 17.5. The van der Waals surface area contributed by atoms with Crippen molar-refractivity contribution in [2.45, 2.75) is 38.3 Å². The number of fused-ring (bicyclic) bond motifs is 1. The molecule has 1 atom stereocenters. The minimum atomic E-state index is -0.401. The Kier molecular flexibility index (Phi) is 3.15. The van der Waals surface area contributed by atoms with Crippen LogP contribution < -0.4 is 11.3 Å². The number of hydrogen-bond donors (Lipinski definition) is 1. The molecule has 2 aromatic rings. The lowest BCUT2D eigenvalue weighted by atomic mass is 10.0. The predicted octanol–water partition coefficient (Wildman–Crippen LogP) is 1.90. The van der Waals surface area contributed by atoms with Crippen molar-refractivity contribution in [2.75, 3.05) is 7.11 Å². The van der Waals surface area contributed by atoms with Gasteiger partial charge in [0, 0.05) is 20.2 Å². The first-order valence-electron chi connectivity index (χ1n) is 7.22. The largest absolute Gasteiger partial charge is 0.370 e. The lowest BCUT2D eigenvalue weighted by molar-refractivity contribution is 0.0678. The number of rotatable bonds is 3. The highest BCUT2D eigenvalue weighted by Gasteiger charge is 2.48. The van der Waals surface area contributed by atoms with Crippen molar-refractivity contribution in [3.63, 3.8) is 0 Å². The maximum atomic E-state index is 12.7. The van der Waals surface area contributed by atoms with Crippen LogP contribution in [0.25, 0.3) is 10.9 Å². The van der Waals surface area contributed by atoms with Crippen LogP contribution in [0, 0.1) is 6.92 Å². The summed E-state index contributed by atoms with van der Waals surface area (Å²) in [6.07, 6.45) is 1.79. The summed E-state index contributed by atoms with van der Waals surface area (Å²) >= 11 is 0. The fraction of sp³-hybridized carbons (Fsp3) is 0.500. The van der Waals surface area contributed by atoms with E-state index in [-0.39, 0.29) is 11.6 Å². The third-order valence-electron chi connectivity index (χ3n) is 4.35. The third-order valence-corrected chi connectivity index (χ3v) is 4.35. The van der Waals surface area contributed by atoms with E-state index in [9.17, 15) is 4.79 Å². The van der Waals surface area contributed by atoms with E-state index in [1.165, 1.54) is 0 Å². The first-order chi connectivity index (χ1) is 9.89. The van der Waals surface area contributed by atoms with Gasteiger partial charge in [0.25, 0.3) is 5.56 Å². The van der Waals surface area contributed by atoms with Crippen LogP contribution in [0.2, 0.25) is 0 Å². The molecule has 1 aromatic carbocycles. The average molecular weight is 287 g/mol. The summed E-state index contributed by atoms with van der Waals surface area (Å²) in [5.74, 6) is 0.702. The first kappa shape index (κ1) is 14.2. The molecule has 0 amide bonds. The highest BCUT2D eigenvalue weighted by atomic mass is 16.5. The maximum Gasteiger partial charge on any atom is 0.261 e. The zero-order valence-electron chi connectivity index (χ0n) is 12.9. The first-order valence-corrected chi connectivity index (χ1v) is 7.22. The topological polar surface area (TPSA) is 70.1 Å². The van der Waals surface area contributed by atoms with Gasteiger partial charge in [0.1, 0.15) is 11.4 Å². The Morgan fingerprint density at radius 3 is 2.62 bits per heavy atom. The Morgan fingerprint density at radius 2 is 2.10 bits per heavy atom. The fourth-order valence-electron chi connectivity index (χ4n) is 2.94. The SMILES string of the molecule is COC1(c2nc3c(C(C)N)cc(C)cc3c(=O)n2C)CC1. The summed E-state index contributed by atoms with van der Waals surface area (Å²) < 4.78 is 7.20. The molecule has 1 saturated carbocycles. The normalized spacial score (nSPS) is 18.0. The monoisotopic (exact) mass is 287 g/mol. The van der Waals surface area contributed by atoms with E-state index in [1.54, 1.807) is 18.7 Å². The van der Waals surface area contributed by atoms with Gasteiger partial charge >= 0.3 is 0 Å². The number of methoxy groups -OCH3 is 1. The van der Waals surface area contributed by atoms with Crippen LogP contribution >= 0.6 is 0 Å². The van der Waals surface area contributed by atoms with Gasteiger partial charge in [-0.3, -0.25) is 9.36 Å². The number of hydrogen-bond acceptors (Lipinski definition) is 4. The fourth-order valence-corrected chi connectivity index (χ4v) is 2.94. The molecular weight excluding hydrogens is 266 g/mol. The number of aromatic nitrogens is 2. The number of aryl methyl sites for hydroxylation is 1. The molecule has 1 aromatic heterocycles. The van der Waals surface area contributed by atoms with Crippen LogP contribution in [0.1, 0.15) is 42.8 Å². The summed E-state index contributed by atoms with van der Waals surface area (Å²) in [6.45, 7) is 3.88. The van der Waals surface area contributed by atoms with E-state index < -0.39 is 5.60 Å².